The van der Waals surface area contributed by atoms with E-state index in [-0.39, 0.29) is 11.3 Å². The molecule has 0 radical (unpaired) electrons. The van der Waals surface area contributed by atoms with Gasteiger partial charge in [-0.1, -0.05) is 0 Å². The van der Waals surface area contributed by atoms with Crippen molar-refractivity contribution in [2.75, 3.05) is 14.2 Å². The van der Waals surface area contributed by atoms with E-state index in [1.807, 2.05) is 0 Å². The molecule has 0 bridgehead atoms. The van der Waals surface area contributed by atoms with Crippen molar-refractivity contribution in [3.8, 4) is 11.5 Å². The van der Waals surface area contributed by atoms with Crippen LogP contribution in [0.4, 0.5) is 8.78 Å². The predicted octanol–water partition coefficient (Wildman–Crippen LogP) is 2.27. The Morgan fingerprint density at radius 3 is 2.28 bits per heavy atom. The number of carboxylic acids is 1. The van der Waals surface area contributed by atoms with Gasteiger partial charge in [-0.05, 0) is 24.6 Å². The fraction of sp³-hybridized carbons (Fsp3) is 0.417. The monoisotopic (exact) mass is 260 g/mol. The number of methoxy groups -OCH3 is 2. The Morgan fingerprint density at radius 1 is 1.28 bits per heavy atom. The van der Waals surface area contributed by atoms with E-state index in [0.29, 0.717) is 5.75 Å². The summed E-state index contributed by atoms with van der Waals surface area (Å²) in [6.07, 6.45) is -0.942. The molecule has 0 fully saturated rings. The SMILES string of the molecule is COc1cc(CC(F)(F)C(=O)O)c(OC)cc1C. The van der Waals surface area contributed by atoms with Crippen LogP contribution in [0.3, 0.4) is 0 Å². The number of carbonyl (C=O) groups is 1. The van der Waals surface area contributed by atoms with Crippen LogP contribution < -0.4 is 9.47 Å². The zero-order valence-electron chi connectivity index (χ0n) is 10.3. The fourth-order valence-electron chi connectivity index (χ4n) is 1.57. The van der Waals surface area contributed by atoms with Gasteiger partial charge in [0.15, 0.2) is 0 Å². The lowest BCUT2D eigenvalue weighted by atomic mass is 10.0. The zero-order valence-corrected chi connectivity index (χ0v) is 10.3. The van der Waals surface area contributed by atoms with Gasteiger partial charge < -0.3 is 14.6 Å². The van der Waals surface area contributed by atoms with Crippen LogP contribution in [0.15, 0.2) is 12.1 Å². The van der Waals surface area contributed by atoms with E-state index in [0.717, 1.165) is 5.56 Å². The van der Waals surface area contributed by atoms with Gasteiger partial charge in [-0.25, -0.2) is 4.79 Å². The van der Waals surface area contributed by atoms with Crippen molar-refractivity contribution in [3.63, 3.8) is 0 Å². The number of carboxylic acid groups (broad SMARTS) is 1. The van der Waals surface area contributed by atoms with Gasteiger partial charge in [0.25, 0.3) is 0 Å². The van der Waals surface area contributed by atoms with Crippen LogP contribution in [0.1, 0.15) is 11.1 Å². The molecule has 1 rings (SSSR count). The quantitative estimate of drug-likeness (QED) is 0.882. The summed E-state index contributed by atoms with van der Waals surface area (Å²) in [5, 5.41) is 8.43. The van der Waals surface area contributed by atoms with Gasteiger partial charge in [-0.3, -0.25) is 0 Å². The Labute approximate surface area is 103 Å². The summed E-state index contributed by atoms with van der Waals surface area (Å²) in [6, 6.07) is 2.90. The molecule has 100 valence electrons. The Bertz CT molecular complexity index is 458. The van der Waals surface area contributed by atoms with Crippen molar-refractivity contribution >= 4 is 5.97 Å². The third-order valence-electron chi connectivity index (χ3n) is 2.52. The smallest absolute Gasteiger partial charge is 0.374 e. The Balaban J connectivity index is 3.18. The topological polar surface area (TPSA) is 55.8 Å². The van der Waals surface area contributed by atoms with Crippen LogP contribution in [-0.2, 0) is 11.2 Å². The van der Waals surface area contributed by atoms with Crippen molar-refractivity contribution in [2.24, 2.45) is 0 Å². The van der Waals surface area contributed by atoms with Crippen molar-refractivity contribution in [3.05, 3.63) is 23.3 Å². The standard InChI is InChI=1S/C12H14F2O4/c1-7-4-10(18-3)8(5-9(7)17-2)6-12(13,14)11(15)16/h4-5H,6H2,1-3H3,(H,15,16). The van der Waals surface area contributed by atoms with Crippen LogP contribution >= 0.6 is 0 Å². The Kier molecular flexibility index (Phi) is 4.11. The Morgan fingerprint density at radius 2 is 1.83 bits per heavy atom. The van der Waals surface area contributed by atoms with E-state index >= 15 is 0 Å². The first-order valence-corrected chi connectivity index (χ1v) is 5.14. The molecular weight excluding hydrogens is 246 g/mol. The third kappa shape index (κ3) is 2.88. The van der Waals surface area contributed by atoms with Gasteiger partial charge in [-0.2, -0.15) is 8.78 Å². The number of benzene rings is 1. The minimum absolute atomic E-state index is 0.0901. The molecule has 0 aliphatic heterocycles. The highest BCUT2D eigenvalue weighted by Gasteiger charge is 2.39. The van der Waals surface area contributed by atoms with Gasteiger partial charge in [0.05, 0.1) is 20.6 Å². The van der Waals surface area contributed by atoms with Crippen LogP contribution in [0, 0.1) is 6.92 Å². The first-order valence-electron chi connectivity index (χ1n) is 5.14. The molecule has 0 atom stereocenters. The number of ether oxygens (including phenoxy) is 2. The minimum atomic E-state index is -3.84. The molecule has 0 aliphatic rings. The highest BCUT2D eigenvalue weighted by molar-refractivity contribution is 5.76. The average Bonchev–Trinajstić information content (AvgIpc) is 2.30. The summed E-state index contributed by atoms with van der Waals surface area (Å²) in [4.78, 5) is 10.4. The number of hydrogen-bond acceptors (Lipinski definition) is 3. The molecule has 18 heavy (non-hydrogen) atoms. The molecule has 1 aromatic carbocycles. The van der Waals surface area contributed by atoms with Crippen LogP contribution in [-0.4, -0.2) is 31.2 Å². The van der Waals surface area contributed by atoms with E-state index < -0.39 is 18.3 Å². The lowest BCUT2D eigenvalue weighted by molar-refractivity contribution is -0.164. The summed E-state index contributed by atoms with van der Waals surface area (Å²) < 4.78 is 36.4. The van der Waals surface area contributed by atoms with Crippen molar-refractivity contribution in [1.29, 1.82) is 0 Å². The number of alkyl halides is 2. The highest BCUT2D eigenvalue weighted by Crippen LogP contribution is 2.32. The average molecular weight is 260 g/mol. The summed E-state index contributed by atoms with van der Waals surface area (Å²) in [5.41, 5.74) is 0.809. The van der Waals surface area contributed by atoms with E-state index in [2.05, 4.69) is 0 Å². The van der Waals surface area contributed by atoms with Gasteiger partial charge >= 0.3 is 11.9 Å². The predicted molar refractivity (Wildman–Crippen MR) is 60.6 cm³/mol. The van der Waals surface area contributed by atoms with E-state index in [1.165, 1.54) is 26.4 Å². The molecule has 0 aromatic heterocycles. The molecule has 0 saturated carbocycles. The molecule has 0 heterocycles. The zero-order chi connectivity index (χ0) is 13.9. The largest absolute Gasteiger partial charge is 0.496 e. The van der Waals surface area contributed by atoms with Gasteiger partial charge in [0, 0.05) is 5.56 Å². The summed E-state index contributed by atoms with van der Waals surface area (Å²) in [6.45, 7) is 1.74. The maximum absolute atomic E-state index is 13.2. The fourth-order valence-corrected chi connectivity index (χ4v) is 1.57. The maximum atomic E-state index is 13.2. The number of halogens is 2. The third-order valence-corrected chi connectivity index (χ3v) is 2.52. The van der Waals surface area contributed by atoms with Crippen molar-refractivity contribution in [2.45, 2.75) is 19.3 Å². The first kappa shape index (κ1) is 14.2. The lowest BCUT2D eigenvalue weighted by Crippen LogP contribution is -2.30. The minimum Gasteiger partial charge on any atom is -0.496 e. The molecule has 6 heteroatoms. The van der Waals surface area contributed by atoms with Crippen molar-refractivity contribution < 1.29 is 28.2 Å². The van der Waals surface area contributed by atoms with Gasteiger partial charge in [-0.15, -0.1) is 0 Å². The molecule has 0 spiro atoms. The number of aliphatic carboxylic acids is 1. The molecule has 0 unspecified atom stereocenters. The van der Waals surface area contributed by atoms with Crippen LogP contribution in [0.25, 0.3) is 0 Å². The van der Waals surface area contributed by atoms with Crippen LogP contribution in [0.2, 0.25) is 0 Å². The molecule has 1 N–H and O–H groups in total. The van der Waals surface area contributed by atoms with E-state index in [4.69, 9.17) is 14.6 Å². The first-order chi connectivity index (χ1) is 8.31. The van der Waals surface area contributed by atoms with Gasteiger partial charge in [0.1, 0.15) is 11.5 Å². The number of aryl methyl sites for hydroxylation is 1. The maximum Gasteiger partial charge on any atom is 0.374 e. The second-order valence-corrected chi connectivity index (χ2v) is 3.82. The molecule has 0 aliphatic carbocycles. The molecule has 0 saturated heterocycles. The van der Waals surface area contributed by atoms with E-state index in [1.54, 1.807) is 6.92 Å². The van der Waals surface area contributed by atoms with E-state index in [9.17, 15) is 13.6 Å². The Hall–Kier alpha value is -1.85. The summed E-state index contributed by atoms with van der Waals surface area (Å²) >= 11 is 0. The second-order valence-electron chi connectivity index (χ2n) is 3.82. The molecular formula is C12H14F2O4. The normalized spacial score (nSPS) is 11.2. The second kappa shape index (κ2) is 5.20. The highest BCUT2D eigenvalue weighted by atomic mass is 19.3. The van der Waals surface area contributed by atoms with Crippen molar-refractivity contribution in [1.82, 2.24) is 0 Å². The van der Waals surface area contributed by atoms with Crippen LogP contribution in [0.5, 0.6) is 11.5 Å². The summed E-state index contributed by atoms with van der Waals surface area (Å²) in [7, 11) is 2.75. The lowest BCUT2D eigenvalue weighted by Gasteiger charge is -2.16. The number of rotatable bonds is 5. The van der Waals surface area contributed by atoms with Gasteiger partial charge in [0.2, 0.25) is 0 Å². The molecule has 4 nitrogen and oxygen atoms in total. The number of hydrogen-bond donors (Lipinski definition) is 1. The molecule has 1 aromatic rings. The summed E-state index contributed by atoms with van der Waals surface area (Å²) in [5.74, 6) is -5.38. The molecule has 0 amide bonds.